The van der Waals surface area contributed by atoms with Gasteiger partial charge in [0.1, 0.15) is 12.1 Å². The third kappa shape index (κ3) is 5.36. The lowest BCUT2D eigenvalue weighted by atomic mass is 9.91. The van der Waals surface area contributed by atoms with Crippen molar-refractivity contribution in [2.45, 2.75) is 49.8 Å². The highest BCUT2D eigenvalue weighted by Crippen LogP contribution is 2.36. The Bertz CT molecular complexity index is 1420. The molecular formula is C27H32N4O8S. The van der Waals surface area contributed by atoms with Crippen LogP contribution in [0.4, 0.5) is 10.5 Å². The first-order valence-corrected chi connectivity index (χ1v) is 14.5. The van der Waals surface area contributed by atoms with Crippen LogP contribution in [0.3, 0.4) is 0 Å². The first-order valence-electron chi connectivity index (χ1n) is 13.1. The number of benzene rings is 2. The Morgan fingerprint density at radius 3 is 2.35 bits per heavy atom. The number of hydrogen-bond donors (Lipinski definition) is 2. The zero-order valence-electron chi connectivity index (χ0n) is 22.5. The van der Waals surface area contributed by atoms with E-state index in [-0.39, 0.29) is 30.2 Å². The molecule has 0 radical (unpaired) electrons. The topological polar surface area (TPSA) is 144 Å². The van der Waals surface area contributed by atoms with E-state index in [1.165, 1.54) is 28.6 Å². The number of carbonyl (C=O) groups is 3. The largest absolute Gasteiger partial charge is 0.490 e. The molecular weight excluding hydrogens is 540 g/mol. The van der Waals surface area contributed by atoms with Crippen LogP contribution in [0.5, 0.6) is 11.5 Å². The molecule has 2 fully saturated rings. The first-order chi connectivity index (χ1) is 19.0. The minimum Gasteiger partial charge on any atom is -0.490 e. The highest BCUT2D eigenvalue weighted by atomic mass is 32.2. The van der Waals surface area contributed by atoms with Gasteiger partial charge in [0.2, 0.25) is 15.9 Å². The lowest BCUT2D eigenvalue weighted by molar-refractivity contribution is -0.133. The Morgan fingerprint density at radius 2 is 1.68 bits per heavy atom. The Kier molecular flexibility index (Phi) is 7.46. The summed E-state index contributed by atoms with van der Waals surface area (Å²) in [5.74, 6) is -0.154. The molecule has 3 aliphatic heterocycles. The van der Waals surface area contributed by atoms with Gasteiger partial charge < -0.3 is 24.8 Å². The molecule has 5 rings (SSSR count). The summed E-state index contributed by atoms with van der Waals surface area (Å²) >= 11 is 0. The fraction of sp³-hybridized carbons (Fsp3) is 0.444. The van der Waals surface area contributed by atoms with Crippen molar-refractivity contribution in [3.8, 4) is 11.5 Å². The molecule has 12 nitrogen and oxygen atoms in total. The zero-order chi connectivity index (χ0) is 28.7. The standard InChI is InChI=1S/C27H32N4O8S/c1-17-14-30(15-18(2)39-17)40(35,36)21-8-6-20(7-9-21)28-24(32)16-31-25(33)27(3,29-26(31)34)19-5-10-22-23(13-19)38-12-4-11-37-22/h5-10,13,17-18H,4,11-12,14-16H2,1-3H3,(H,28,32)(H,29,34)/t17-,18-,27+/m1/s1. The maximum absolute atomic E-state index is 13.3. The average molecular weight is 573 g/mol. The lowest BCUT2D eigenvalue weighted by Gasteiger charge is -2.34. The van der Waals surface area contributed by atoms with Gasteiger partial charge in [-0.1, -0.05) is 6.07 Å². The van der Waals surface area contributed by atoms with E-state index in [0.29, 0.717) is 36.0 Å². The van der Waals surface area contributed by atoms with Crippen molar-refractivity contribution in [2.24, 2.45) is 0 Å². The number of urea groups is 1. The van der Waals surface area contributed by atoms with Crippen LogP contribution >= 0.6 is 0 Å². The summed E-state index contributed by atoms with van der Waals surface area (Å²) in [5.41, 5.74) is -0.573. The molecule has 13 heteroatoms. The van der Waals surface area contributed by atoms with Gasteiger partial charge in [0.25, 0.3) is 5.91 Å². The smallest absolute Gasteiger partial charge is 0.325 e. The van der Waals surface area contributed by atoms with Gasteiger partial charge in [0.15, 0.2) is 11.5 Å². The van der Waals surface area contributed by atoms with Crippen molar-refractivity contribution in [3.63, 3.8) is 0 Å². The Balaban J connectivity index is 1.24. The van der Waals surface area contributed by atoms with Crippen molar-refractivity contribution < 1.29 is 37.0 Å². The Hall–Kier alpha value is -3.68. The maximum Gasteiger partial charge on any atom is 0.325 e. The van der Waals surface area contributed by atoms with Crippen molar-refractivity contribution in [2.75, 3.05) is 38.2 Å². The Labute approximate surface area is 232 Å². The third-order valence-corrected chi connectivity index (χ3v) is 8.91. The summed E-state index contributed by atoms with van der Waals surface area (Å²) < 4.78 is 44.5. The van der Waals surface area contributed by atoms with E-state index in [1.54, 1.807) is 25.1 Å². The minimum atomic E-state index is -3.74. The number of imide groups is 1. The molecule has 2 N–H and O–H groups in total. The maximum atomic E-state index is 13.3. The van der Waals surface area contributed by atoms with Crippen LogP contribution in [-0.2, 0) is 29.9 Å². The van der Waals surface area contributed by atoms with Crippen molar-refractivity contribution in [1.29, 1.82) is 0 Å². The second-order valence-electron chi connectivity index (χ2n) is 10.3. The van der Waals surface area contributed by atoms with Crippen molar-refractivity contribution in [3.05, 3.63) is 48.0 Å². The van der Waals surface area contributed by atoms with E-state index in [0.717, 1.165) is 11.3 Å². The number of rotatable bonds is 6. The van der Waals surface area contributed by atoms with E-state index in [9.17, 15) is 22.8 Å². The highest BCUT2D eigenvalue weighted by Gasteiger charge is 2.49. The molecule has 40 heavy (non-hydrogen) atoms. The molecule has 0 aliphatic carbocycles. The number of hydrogen-bond acceptors (Lipinski definition) is 8. The summed E-state index contributed by atoms with van der Waals surface area (Å²) in [7, 11) is -3.74. The quantitative estimate of drug-likeness (QED) is 0.501. The number of nitrogens with one attached hydrogen (secondary N) is 2. The second-order valence-corrected chi connectivity index (χ2v) is 12.2. The summed E-state index contributed by atoms with van der Waals surface area (Å²) in [6.07, 6.45) is 0.289. The molecule has 0 saturated carbocycles. The van der Waals surface area contributed by atoms with Crippen LogP contribution in [0.15, 0.2) is 47.4 Å². The number of anilines is 1. The fourth-order valence-electron chi connectivity index (χ4n) is 5.04. The van der Waals surface area contributed by atoms with Crippen LogP contribution in [0.1, 0.15) is 32.8 Å². The number of amides is 4. The number of sulfonamides is 1. The molecule has 214 valence electrons. The first kappa shape index (κ1) is 27.9. The van der Waals surface area contributed by atoms with Gasteiger partial charge in [-0.05, 0) is 62.7 Å². The molecule has 0 aromatic heterocycles. The van der Waals surface area contributed by atoms with Gasteiger partial charge in [-0.25, -0.2) is 13.2 Å². The van der Waals surface area contributed by atoms with Gasteiger partial charge in [-0.2, -0.15) is 4.31 Å². The molecule has 2 aromatic rings. The van der Waals surface area contributed by atoms with Crippen LogP contribution < -0.4 is 20.1 Å². The molecule has 0 spiro atoms. The van der Waals surface area contributed by atoms with E-state index in [2.05, 4.69) is 10.6 Å². The molecule has 0 bridgehead atoms. The van der Waals surface area contributed by atoms with E-state index in [4.69, 9.17) is 14.2 Å². The molecule has 4 amide bonds. The summed E-state index contributed by atoms with van der Waals surface area (Å²) in [5, 5.41) is 5.30. The monoisotopic (exact) mass is 572 g/mol. The van der Waals surface area contributed by atoms with Gasteiger partial charge in [0, 0.05) is 25.2 Å². The van der Waals surface area contributed by atoms with Crippen molar-refractivity contribution >= 4 is 33.6 Å². The average Bonchev–Trinajstić information content (AvgIpc) is 3.06. The number of fused-ring (bicyclic) bond motifs is 1. The number of nitrogens with zero attached hydrogens (tertiary/aromatic N) is 2. The van der Waals surface area contributed by atoms with Crippen LogP contribution in [0.25, 0.3) is 0 Å². The normalized spacial score (nSPS) is 25.3. The molecule has 2 aromatic carbocycles. The number of carbonyl (C=O) groups excluding carboxylic acids is 3. The molecule has 3 aliphatic rings. The number of morpholine rings is 1. The third-order valence-electron chi connectivity index (χ3n) is 7.06. The second kappa shape index (κ2) is 10.7. The van der Waals surface area contributed by atoms with E-state index >= 15 is 0 Å². The molecule has 2 saturated heterocycles. The van der Waals surface area contributed by atoms with Gasteiger partial charge >= 0.3 is 6.03 Å². The van der Waals surface area contributed by atoms with E-state index in [1.807, 2.05) is 13.8 Å². The summed E-state index contributed by atoms with van der Waals surface area (Å²) in [4.78, 5) is 39.8. The minimum absolute atomic E-state index is 0.0896. The predicted octanol–water partition coefficient (Wildman–Crippen LogP) is 2.05. The van der Waals surface area contributed by atoms with Crippen LogP contribution in [-0.4, -0.2) is 80.5 Å². The SMILES string of the molecule is C[C@@H]1CN(S(=O)(=O)c2ccc(NC(=O)CN3C(=O)N[C@@](C)(c4ccc5c(c4)OCCCO5)C3=O)cc2)C[C@@H](C)O1. The highest BCUT2D eigenvalue weighted by molar-refractivity contribution is 7.89. The van der Waals surface area contributed by atoms with Gasteiger partial charge in [0.05, 0.1) is 30.3 Å². The lowest BCUT2D eigenvalue weighted by Crippen LogP contribution is -2.48. The van der Waals surface area contributed by atoms with E-state index < -0.39 is 40.0 Å². The van der Waals surface area contributed by atoms with Crippen LogP contribution in [0.2, 0.25) is 0 Å². The van der Waals surface area contributed by atoms with Crippen LogP contribution in [0, 0.1) is 0 Å². The summed E-state index contributed by atoms with van der Waals surface area (Å²) in [6, 6.07) is 10.1. The summed E-state index contributed by atoms with van der Waals surface area (Å²) in [6.45, 7) is 6.19. The zero-order valence-corrected chi connectivity index (χ0v) is 23.3. The molecule has 3 atom stereocenters. The fourth-order valence-corrected chi connectivity index (χ4v) is 6.63. The molecule has 3 heterocycles. The number of ether oxygens (including phenoxy) is 3. The van der Waals surface area contributed by atoms with Crippen molar-refractivity contribution in [1.82, 2.24) is 14.5 Å². The van der Waals surface area contributed by atoms with Gasteiger partial charge in [-0.15, -0.1) is 0 Å². The predicted molar refractivity (Wildman–Crippen MR) is 143 cm³/mol. The molecule has 0 unspecified atom stereocenters. The van der Waals surface area contributed by atoms with Gasteiger partial charge in [-0.3, -0.25) is 14.5 Å². The Morgan fingerprint density at radius 1 is 1.02 bits per heavy atom.